The highest BCUT2D eigenvalue weighted by molar-refractivity contribution is 6.04. The molecule has 0 aliphatic carbocycles. The number of ether oxygens (including phenoxy) is 2. The third-order valence-electron chi connectivity index (χ3n) is 2.91. The molecule has 0 aliphatic rings. The molecule has 0 bridgehead atoms. The fourth-order valence-corrected chi connectivity index (χ4v) is 1.89. The van der Waals surface area contributed by atoms with Gasteiger partial charge in [0.1, 0.15) is 22.9 Å². The van der Waals surface area contributed by atoms with Crippen LogP contribution in [0.5, 0.6) is 5.75 Å². The van der Waals surface area contributed by atoms with Crippen molar-refractivity contribution in [1.29, 1.82) is 0 Å². The Kier molecular flexibility index (Phi) is 5.75. The lowest BCUT2D eigenvalue weighted by Crippen LogP contribution is -2.17. The van der Waals surface area contributed by atoms with Crippen LogP contribution in [0.2, 0.25) is 0 Å². The second kappa shape index (κ2) is 7.81. The molecule has 0 atom stereocenters. The van der Waals surface area contributed by atoms with Crippen molar-refractivity contribution in [2.24, 2.45) is 4.99 Å². The summed E-state index contributed by atoms with van der Waals surface area (Å²) < 4.78 is 72.1. The van der Waals surface area contributed by atoms with Crippen molar-refractivity contribution in [3.8, 4) is 5.75 Å². The van der Waals surface area contributed by atoms with E-state index in [0.717, 1.165) is 49.6 Å². The van der Waals surface area contributed by atoms with Crippen molar-refractivity contribution in [3.05, 3.63) is 59.7 Å². The first kappa shape index (κ1) is 19.2. The summed E-state index contributed by atoms with van der Waals surface area (Å²) in [5.41, 5.74) is -0.545. The number of aliphatic imine (C=N–C) groups is 1. The molecule has 0 radical (unpaired) electrons. The van der Waals surface area contributed by atoms with Gasteiger partial charge < -0.3 is 14.8 Å². The van der Waals surface area contributed by atoms with E-state index in [1.54, 1.807) is 0 Å². The second-order valence-corrected chi connectivity index (χ2v) is 4.72. The van der Waals surface area contributed by atoms with Crippen molar-refractivity contribution in [2.75, 3.05) is 12.4 Å². The summed E-state index contributed by atoms with van der Waals surface area (Å²) >= 11 is 0. The standard InChI is InChI=1S/C16H11F5N2O3/c1-25-14(13-11(17)3-2-4-12(13)18)23-15(24)22-9-5-7-10(8-6-9)26-16(19,20)21/h2-8H,1H3,(H,22,24). The molecule has 2 aromatic carbocycles. The largest absolute Gasteiger partial charge is 0.573 e. The SMILES string of the molecule is COC(=NC(=O)Nc1ccc(OC(F)(F)F)cc1)c1c(F)cccc1F. The van der Waals surface area contributed by atoms with Gasteiger partial charge in [0, 0.05) is 5.69 Å². The van der Waals surface area contributed by atoms with Gasteiger partial charge in [0.25, 0.3) is 0 Å². The highest BCUT2D eigenvalue weighted by atomic mass is 19.4. The predicted molar refractivity (Wildman–Crippen MR) is 82.0 cm³/mol. The molecule has 0 unspecified atom stereocenters. The molecule has 10 heteroatoms. The zero-order valence-electron chi connectivity index (χ0n) is 13.1. The van der Waals surface area contributed by atoms with Gasteiger partial charge in [0.05, 0.1) is 7.11 Å². The smallest absolute Gasteiger partial charge is 0.480 e. The van der Waals surface area contributed by atoms with Crippen LogP contribution in [0.25, 0.3) is 0 Å². The van der Waals surface area contributed by atoms with E-state index in [1.807, 2.05) is 0 Å². The maximum Gasteiger partial charge on any atom is 0.573 e. The number of hydrogen-bond donors (Lipinski definition) is 1. The zero-order chi connectivity index (χ0) is 19.3. The van der Waals surface area contributed by atoms with Gasteiger partial charge in [-0.1, -0.05) is 6.07 Å². The van der Waals surface area contributed by atoms with E-state index in [1.165, 1.54) is 0 Å². The Hall–Kier alpha value is -3.17. The van der Waals surface area contributed by atoms with Gasteiger partial charge in [-0.05, 0) is 36.4 Å². The molecule has 1 N–H and O–H groups in total. The van der Waals surface area contributed by atoms with Gasteiger partial charge in [-0.2, -0.15) is 4.99 Å². The molecule has 0 spiro atoms. The Morgan fingerprint density at radius 1 is 1.04 bits per heavy atom. The van der Waals surface area contributed by atoms with Crippen LogP contribution < -0.4 is 10.1 Å². The topological polar surface area (TPSA) is 59.9 Å². The van der Waals surface area contributed by atoms with Crippen molar-refractivity contribution in [2.45, 2.75) is 6.36 Å². The van der Waals surface area contributed by atoms with Crippen LogP contribution in [0.15, 0.2) is 47.5 Å². The highest BCUT2D eigenvalue weighted by Gasteiger charge is 2.31. The lowest BCUT2D eigenvalue weighted by atomic mass is 10.2. The number of methoxy groups -OCH3 is 1. The van der Waals surface area contributed by atoms with Crippen LogP contribution in [-0.4, -0.2) is 25.4 Å². The van der Waals surface area contributed by atoms with Gasteiger partial charge in [-0.25, -0.2) is 13.6 Å². The lowest BCUT2D eigenvalue weighted by molar-refractivity contribution is -0.274. The maximum absolute atomic E-state index is 13.7. The number of hydrogen-bond acceptors (Lipinski definition) is 3. The van der Waals surface area contributed by atoms with Crippen molar-refractivity contribution >= 4 is 17.6 Å². The summed E-state index contributed by atoms with van der Waals surface area (Å²) in [6.45, 7) is 0. The van der Waals surface area contributed by atoms with Crippen molar-refractivity contribution in [1.82, 2.24) is 0 Å². The van der Waals surface area contributed by atoms with E-state index in [-0.39, 0.29) is 5.69 Å². The van der Waals surface area contributed by atoms with Crippen LogP contribution in [0.4, 0.5) is 32.4 Å². The van der Waals surface area contributed by atoms with Crippen LogP contribution in [-0.2, 0) is 4.74 Å². The summed E-state index contributed by atoms with van der Waals surface area (Å²) in [4.78, 5) is 15.3. The molecule has 26 heavy (non-hydrogen) atoms. The van der Waals surface area contributed by atoms with Crippen molar-refractivity contribution in [3.63, 3.8) is 0 Å². The average molecular weight is 374 g/mol. The average Bonchev–Trinajstić information content (AvgIpc) is 2.54. The number of amides is 2. The minimum Gasteiger partial charge on any atom is -0.480 e. The number of halogens is 5. The summed E-state index contributed by atoms with van der Waals surface area (Å²) in [6.07, 6.45) is -4.84. The molecule has 0 saturated carbocycles. The number of nitrogens with one attached hydrogen (secondary N) is 1. The van der Waals surface area contributed by atoms with Crippen molar-refractivity contribution < 1.29 is 36.2 Å². The summed E-state index contributed by atoms with van der Waals surface area (Å²) in [5.74, 6) is -3.04. The second-order valence-electron chi connectivity index (χ2n) is 4.72. The molecule has 5 nitrogen and oxygen atoms in total. The van der Waals surface area contributed by atoms with Crippen LogP contribution in [0.3, 0.4) is 0 Å². The molecule has 0 aliphatic heterocycles. The Bertz CT molecular complexity index is 799. The summed E-state index contributed by atoms with van der Waals surface area (Å²) in [7, 11) is 1.07. The summed E-state index contributed by atoms with van der Waals surface area (Å²) in [5, 5.41) is 2.22. The molecule has 2 rings (SSSR count). The molecule has 0 heterocycles. The maximum atomic E-state index is 13.7. The molecular formula is C16H11F5N2O3. The molecule has 2 aromatic rings. The number of rotatable bonds is 3. The number of anilines is 1. The number of urea groups is 1. The number of alkyl halides is 3. The molecule has 2 amide bonds. The minimum atomic E-state index is -4.84. The molecule has 138 valence electrons. The van der Waals surface area contributed by atoms with Gasteiger partial charge in [-0.3, -0.25) is 0 Å². The normalized spacial score (nSPS) is 11.8. The molecule has 0 fully saturated rings. The number of benzene rings is 2. The predicted octanol–water partition coefficient (Wildman–Crippen LogP) is 4.49. The van der Waals surface area contributed by atoms with E-state index in [4.69, 9.17) is 4.74 Å². The van der Waals surface area contributed by atoms with E-state index >= 15 is 0 Å². The van der Waals surface area contributed by atoms with Crippen LogP contribution in [0, 0.1) is 11.6 Å². The monoisotopic (exact) mass is 374 g/mol. The van der Waals surface area contributed by atoms with E-state index in [2.05, 4.69) is 15.0 Å². The van der Waals surface area contributed by atoms with Gasteiger partial charge >= 0.3 is 12.4 Å². The molecular weight excluding hydrogens is 363 g/mol. The van der Waals surface area contributed by atoms with Gasteiger partial charge in [0.2, 0.25) is 5.90 Å². The lowest BCUT2D eigenvalue weighted by Gasteiger charge is -2.10. The number of nitrogens with zero attached hydrogens (tertiary/aromatic N) is 1. The number of carbonyl (C=O) groups excluding carboxylic acids is 1. The van der Waals surface area contributed by atoms with E-state index in [9.17, 15) is 26.7 Å². The third-order valence-corrected chi connectivity index (χ3v) is 2.91. The van der Waals surface area contributed by atoms with Crippen LogP contribution >= 0.6 is 0 Å². The first-order chi connectivity index (χ1) is 12.2. The molecule has 0 saturated heterocycles. The Morgan fingerprint density at radius 3 is 2.12 bits per heavy atom. The zero-order valence-corrected chi connectivity index (χ0v) is 13.1. The Balaban J connectivity index is 2.15. The van der Waals surface area contributed by atoms with E-state index < -0.39 is 41.2 Å². The Labute approximate surface area is 144 Å². The quantitative estimate of drug-likeness (QED) is 0.489. The first-order valence-corrected chi connectivity index (χ1v) is 6.93. The summed E-state index contributed by atoms with van der Waals surface area (Å²) in [6, 6.07) is 6.21. The third kappa shape index (κ3) is 5.16. The van der Waals surface area contributed by atoms with Crippen LogP contribution in [0.1, 0.15) is 5.56 Å². The van der Waals surface area contributed by atoms with E-state index in [0.29, 0.717) is 0 Å². The fourth-order valence-electron chi connectivity index (χ4n) is 1.89. The molecule has 0 aromatic heterocycles. The Morgan fingerprint density at radius 2 is 1.62 bits per heavy atom. The fraction of sp³-hybridized carbons (Fsp3) is 0.125. The highest BCUT2D eigenvalue weighted by Crippen LogP contribution is 2.24. The van der Waals surface area contributed by atoms with Gasteiger partial charge in [-0.15, -0.1) is 13.2 Å². The minimum absolute atomic E-state index is 0.0812. The first-order valence-electron chi connectivity index (χ1n) is 6.93. The van der Waals surface area contributed by atoms with Gasteiger partial charge in [0.15, 0.2) is 0 Å². The number of carbonyl (C=O) groups is 1.